The normalized spacial score (nSPS) is 10.2. The minimum Gasteiger partial charge on any atom is -0.493 e. The highest BCUT2D eigenvalue weighted by molar-refractivity contribution is 5.70. The Balaban J connectivity index is 2.55. The molecule has 0 aliphatic carbocycles. The quantitative estimate of drug-likeness (QED) is 0.878. The van der Waals surface area contributed by atoms with Crippen LogP contribution in [0.25, 0.3) is 11.3 Å². The summed E-state index contributed by atoms with van der Waals surface area (Å²) in [4.78, 5) is 8.24. The summed E-state index contributed by atoms with van der Waals surface area (Å²) in [6.07, 6.45) is 1.72. The number of rotatable bonds is 3. The van der Waals surface area contributed by atoms with E-state index in [0.717, 1.165) is 22.6 Å². The van der Waals surface area contributed by atoms with Crippen molar-refractivity contribution in [2.24, 2.45) is 0 Å². The topological polar surface area (TPSA) is 61.0 Å². The van der Waals surface area contributed by atoms with Gasteiger partial charge in [-0.2, -0.15) is 0 Å². The maximum absolute atomic E-state index is 5.63. The van der Waals surface area contributed by atoms with Crippen molar-refractivity contribution in [3.8, 4) is 17.0 Å². The highest BCUT2D eigenvalue weighted by atomic mass is 16.5. The SMILES string of the molecule is CCOc1ccccc1-c1nc(N)ncc1C. The molecular weight excluding hydrogens is 214 g/mol. The first-order chi connectivity index (χ1) is 8.22. The minimum absolute atomic E-state index is 0.275. The van der Waals surface area contributed by atoms with Gasteiger partial charge in [-0.25, -0.2) is 9.97 Å². The number of hydrogen-bond acceptors (Lipinski definition) is 4. The number of nitrogen functional groups attached to an aromatic ring is 1. The first-order valence-electron chi connectivity index (χ1n) is 5.53. The van der Waals surface area contributed by atoms with Gasteiger partial charge < -0.3 is 10.5 Å². The summed E-state index contributed by atoms with van der Waals surface area (Å²) in [5.41, 5.74) is 8.37. The molecule has 1 aromatic heterocycles. The molecular formula is C13H15N3O. The number of nitrogens with two attached hydrogens (primary N) is 1. The summed E-state index contributed by atoms with van der Waals surface area (Å²) < 4.78 is 5.59. The molecule has 0 aliphatic heterocycles. The summed E-state index contributed by atoms with van der Waals surface area (Å²) in [5, 5.41) is 0. The summed E-state index contributed by atoms with van der Waals surface area (Å²) in [6, 6.07) is 7.79. The zero-order valence-electron chi connectivity index (χ0n) is 9.97. The second kappa shape index (κ2) is 4.82. The average Bonchev–Trinajstić information content (AvgIpc) is 2.34. The van der Waals surface area contributed by atoms with Crippen LogP contribution < -0.4 is 10.5 Å². The van der Waals surface area contributed by atoms with Crippen molar-refractivity contribution < 1.29 is 4.74 Å². The van der Waals surface area contributed by atoms with Crippen LogP contribution in [0, 0.1) is 6.92 Å². The highest BCUT2D eigenvalue weighted by Gasteiger charge is 2.10. The molecule has 0 fully saturated rings. The van der Waals surface area contributed by atoms with Gasteiger partial charge in [0, 0.05) is 11.8 Å². The molecule has 0 radical (unpaired) electrons. The molecule has 0 amide bonds. The van der Waals surface area contributed by atoms with Gasteiger partial charge in [0.15, 0.2) is 0 Å². The number of aryl methyl sites for hydroxylation is 1. The van der Waals surface area contributed by atoms with Crippen molar-refractivity contribution in [2.75, 3.05) is 12.3 Å². The Kier molecular flexibility index (Phi) is 3.23. The van der Waals surface area contributed by atoms with Gasteiger partial charge in [0.2, 0.25) is 5.95 Å². The van der Waals surface area contributed by atoms with Crippen molar-refractivity contribution in [1.29, 1.82) is 0 Å². The van der Waals surface area contributed by atoms with Crippen molar-refractivity contribution in [2.45, 2.75) is 13.8 Å². The third-order valence-corrected chi connectivity index (χ3v) is 2.43. The largest absolute Gasteiger partial charge is 0.493 e. The van der Waals surface area contributed by atoms with Crippen LogP contribution in [0.2, 0.25) is 0 Å². The Morgan fingerprint density at radius 1 is 1.29 bits per heavy atom. The first-order valence-corrected chi connectivity index (χ1v) is 5.53. The van der Waals surface area contributed by atoms with Gasteiger partial charge in [-0.05, 0) is 31.5 Å². The van der Waals surface area contributed by atoms with Gasteiger partial charge in [-0.1, -0.05) is 12.1 Å². The van der Waals surface area contributed by atoms with E-state index in [1.54, 1.807) is 6.20 Å². The molecule has 0 unspecified atom stereocenters. The predicted molar refractivity (Wildman–Crippen MR) is 67.8 cm³/mol. The van der Waals surface area contributed by atoms with Gasteiger partial charge in [0.25, 0.3) is 0 Å². The lowest BCUT2D eigenvalue weighted by Crippen LogP contribution is -2.00. The molecule has 0 atom stereocenters. The molecule has 2 rings (SSSR count). The van der Waals surface area contributed by atoms with Gasteiger partial charge in [-0.15, -0.1) is 0 Å². The van der Waals surface area contributed by atoms with Gasteiger partial charge in [0.1, 0.15) is 5.75 Å². The fraction of sp³-hybridized carbons (Fsp3) is 0.231. The Bertz CT molecular complexity index is 526. The highest BCUT2D eigenvalue weighted by Crippen LogP contribution is 2.30. The van der Waals surface area contributed by atoms with Crippen LogP contribution in [0.4, 0.5) is 5.95 Å². The summed E-state index contributed by atoms with van der Waals surface area (Å²) in [5.74, 6) is 1.09. The zero-order valence-corrected chi connectivity index (χ0v) is 9.97. The third kappa shape index (κ3) is 2.36. The number of hydrogen-bond donors (Lipinski definition) is 1. The Morgan fingerprint density at radius 3 is 2.82 bits per heavy atom. The lowest BCUT2D eigenvalue weighted by Gasteiger charge is -2.11. The molecule has 4 heteroatoms. The van der Waals surface area contributed by atoms with Gasteiger partial charge in [-0.3, -0.25) is 0 Å². The fourth-order valence-electron chi connectivity index (χ4n) is 1.67. The van der Waals surface area contributed by atoms with E-state index < -0.39 is 0 Å². The van der Waals surface area contributed by atoms with Gasteiger partial charge >= 0.3 is 0 Å². The zero-order chi connectivity index (χ0) is 12.3. The first kappa shape index (κ1) is 11.4. The van der Waals surface area contributed by atoms with Crippen molar-refractivity contribution in [3.05, 3.63) is 36.0 Å². The van der Waals surface area contributed by atoms with Crippen molar-refractivity contribution in [3.63, 3.8) is 0 Å². The summed E-state index contributed by atoms with van der Waals surface area (Å²) in [6.45, 7) is 4.53. The monoisotopic (exact) mass is 229 g/mol. The second-order valence-corrected chi connectivity index (χ2v) is 3.69. The molecule has 4 nitrogen and oxygen atoms in total. The van der Waals surface area contributed by atoms with Gasteiger partial charge in [0.05, 0.1) is 12.3 Å². The van der Waals surface area contributed by atoms with Crippen LogP contribution in [0.15, 0.2) is 30.5 Å². The van der Waals surface area contributed by atoms with Crippen LogP contribution in [0.3, 0.4) is 0 Å². The number of benzene rings is 1. The molecule has 2 N–H and O–H groups in total. The summed E-state index contributed by atoms with van der Waals surface area (Å²) in [7, 11) is 0. The molecule has 17 heavy (non-hydrogen) atoms. The van der Waals surface area contributed by atoms with Crippen LogP contribution >= 0.6 is 0 Å². The van der Waals surface area contributed by atoms with E-state index in [9.17, 15) is 0 Å². The van der Waals surface area contributed by atoms with Crippen LogP contribution in [0.1, 0.15) is 12.5 Å². The van der Waals surface area contributed by atoms with Crippen LogP contribution in [0.5, 0.6) is 5.75 Å². The molecule has 0 aliphatic rings. The lowest BCUT2D eigenvalue weighted by atomic mass is 10.1. The number of anilines is 1. The van der Waals surface area contributed by atoms with Crippen LogP contribution in [-0.2, 0) is 0 Å². The molecule has 0 saturated carbocycles. The maximum Gasteiger partial charge on any atom is 0.220 e. The fourth-order valence-corrected chi connectivity index (χ4v) is 1.67. The Morgan fingerprint density at radius 2 is 2.06 bits per heavy atom. The van der Waals surface area contributed by atoms with Crippen LogP contribution in [-0.4, -0.2) is 16.6 Å². The average molecular weight is 229 g/mol. The smallest absolute Gasteiger partial charge is 0.220 e. The third-order valence-electron chi connectivity index (χ3n) is 2.43. The second-order valence-electron chi connectivity index (χ2n) is 3.69. The van der Waals surface area contributed by atoms with E-state index in [2.05, 4.69) is 9.97 Å². The number of aromatic nitrogens is 2. The Hall–Kier alpha value is -2.10. The van der Waals surface area contributed by atoms with E-state index in [1.165, 1.54) is 0 Å². The molecule has 1 heterocycles. The van der Waals surface area contributed by atoms with Crippen molar-refractivity contribution >= 4 is 5.95 Å². The maximum atomic E-state index is 5.63. The molecule has 0 saturated heterocycles. The molecule has 1 aromatic carbocycles. The van der Waals surface area contributed by atoms with E-state index in [4.69, 9.17) is 10.5 Å². The predicted octanol–water partition coefficient (Wildman–Crippen LogP) is 2.43. The Labute approximate surface area is 100 Å². The van der Waals surface area contributed by atoms with Crippen molar-refractivity contribution in [1.82, 2.24) is 9.97 Å². The molecule has 0 spiro atoms. The molecule has 2 aromatic rings. The number of nitrogens with zero attached hydrogens (tertiary/aromatic N) is 2. The van der Waals surface area contributed by atoms with E-state index in [-0.39, 0.29) is 5.95 Å². The lowest BCUT2D eigenvalue weighted by molar-refractivity contribution is 0.341. The molecule has 0 bridgehead atoms. The van der Waals surface area contributed by atoms with E-state index >= 15 is 0 Å². The summed E-state index contributed by atoms with van der Waals surface area (Å²) >= 11 is 0. The molecule has 88 valence electrons. The van der Waals surface area contributed by atoms with E-state index in [1.807, 2.05) is 38.1 Å². The van der Waals surface area contributed by atoms with E-state index in [0.29, 0.717) is 6.61 Å². The number of ether oxygens (including phenoxy) is 1. The standard InChI is InChI=1S/C13H15N3O/c1-3-17-11-7-5-4-6-10(11)12-9(2)8-15-13(14)16-12/h4-8H,3H2,1-2H3,(H2,14,15,16). The minimum atomic E-state index is 0.275. The number of para-hydroxylation sites is 1.